The van der Waals surface area contributed by atoms with Gasteiger partial charge in [0.05, 0.1) is 12.8 Å². The van der Waals surface area contributed by atoms with E-state index in [-0.39, 0.29) is 18.2 Å². The maximum absolute atomic E-state index is 13.4. The van der Waals surface area contributed by atoms with E-state index in [0.29, 0.717) is 47.5 Å². The number of anilines is 1. The molecule has 2 aromatic heterocycles. The number of hydrogen-bond donors (Lipinski definition) is 0. The van der Waals surface area contributed by atoms with Gasteiger partial charge in [-0.1, -0.05) is 41.7 Å². The average Bonchev–Trinajstić information content (AvgIpc) is 3.47. The van der Waals surface area contributed by atoms with Gasteiger partial charge in [-0.15, -0.1) is 0 Å². The summed E-state index contributed by atoms with van der Waals surface area (Å²) in [4.78, 5) is 33.3. The van der Waals surface area contributed by atoms with E-state index in [2.05, 4.69) is 0 Å². The Hall–Kier alpha value is -2.97. The monoisotopic (exact) mass is 468 g/mol. The van der Waals surface area contributed by atoms with Crippen LogP contribution in [0.5, 0.6) is 0 Å². The molecule has 7 nitrogen and oxygen atoms in total. The van der Waals surface area contributed by atoms with E-state index in [1.807, 2.05) is 51.1 Å². The number of hydrogen-bond acceptors (Lipinski definition) is 7. The van der Waals surface area contributed by atoms with Crippen molar-refractivity contribution >= 4 is 28.3 Å². The Morgan fingerprint density at radius 2 is 1.85 bits per heavy atom. The van der Waals surface area contributed by atoms with Gasteiger partial charge in [-0.25, -0.2) is 14.7 Å². The third-order valence-corrected chi connectivity index (χ3v) is 6.31. The minimum absolute atomic E-state index is 0.0114. The quantitative estimate of drug-likeness (QED) is 0.416. The van der Waals surface area contributed by atoms with Gasteiger partial charge in [0.1, 0.15) is 16.2 Å². The van der Waals surface area contributed by atoms with Crippen molar-refractivity contribution in [3.05, 3.63) is 59.2 Å². The Bertz CT molecular complexity index is 1080. The zero-order valence-electron chi connectivity index (χ0n) is 19.1. The molecule has 1 aliphatic rings. The molecule has 0 radical (unpaired) electrons. The summed E-state index contributed by atoms with van der Waals surface area (Å²) in [5.41, 5.74) is 0.710. The standard InChI is InChI=1S/C25H28N2O5S/c1-25(2,3)32-24(29)27(16-17-8-5-4-6-9-17)23-26-20(19-10-7-13-31-19)22(33-23)21(28)18-11-14-30-15-12-18/h4-10,13,18H,11-12,14-16H2,1-3H3. The Kier molecular flexibility index (Phi) is 6.95. The van der Waals surface area contributed by atoms with Crippen molar-refractivity contribution in [3.8, 4) is 11.5 Å². The van der Waals surface area contributed by atoms with Crippen molar-refractivity contribution in [3.63, 3.8) is 0 Å². The number of amides is 1. The van der Waals surface area contributed by atoms with Gasteiger partial charge in [-0.2, -0.15) is 0 Å². The van der Waals surface area contributed by atoms with Gasteiger partial charge in [0.25, 0.3) is 0 Å². The first-order valence-corrected chi connectivity index (χ1v) is 11.8. The van der Waals surface area contributed by atoms with Gasteiger partial charge in [-0.3, -0.25) is 4.79 Å². The fourth-order valence-electron chi connectivity index (χ4n) is 3.61. The summed E-state index contributed by atoms with van der Waals surface area (Å²) in [6.07, 6.45) is 2.37. The molecule has 1 saturated heterocycles. The zero-order valence-corrected chi connectivity index (χ0v) is 19.9. The predicted octanol–water partition coefficient (Wildman–Crippen LogP) is 5.95. The molecule has 1 amide bonds. The lowest BCUT2D eigenvalue weighted by Crippen LogP contribution is -2.36. The van der Waals surface area contributed by atoms with Crippen LogP contribution in [0.4, 0.5) is 9.93 Å². The highest BCUT2D eigenvalue weighted by Gasteiger charge is 2.32. The highest BCUT2D eigenvalue weighted by Crippen LogP contribution is 2.37. The largest absolute Gasteiger partial charge is 0.463 e. The lowest BCUT2D eigenvalue weighted by Gasteiger charge is -2.26. The summed E-state index contributed by atoms with van der Waals surface area (Å²) in [5.74, 6) is 0.374. The first-order valence-electron chi connectivity index (χ1n) is 11.0. The van der Waals surface area contributed by atoms with Crippen LogP contribution in [0.2, 0.25) is 0 Å². The van der Waals surface area contributed by atoms with Crippen LogP contribution in [-0.2, 0) is 16.0 Å². The van der Waals surface area contributed by atoms with Gasteiger partial charge in [-0.05, 0) is 51.3 Å². The van der Waals surface area contributed by atoms with Gasteiger partial charge in [0.15, 0.2) is 16.7 Å². The molecule has 0 unspecified atom stereocenters. The van der Waals surface area contributed by atoms with Crippen molar-refractivity contribution in [2.75, 3.05) is 18.1 Å². The van der Waals surface area contributed by atoms with E-state index in [4.69, 9.17) is 18.9 Å². The smallest absolute Gasteiger partial charge is 0.416 e. The Morgan fingerprint density at radius 3 is 2.48 bits per heavy atom. The second-order valence-electron chi connectivity index (χ2n) is 8.95. The summed E-state index contributed by atoms with van der Waals surface area (Å²) in [5, 5.41) is 0.398. The molecule has 0 bridgehead atoms. The van der Waals surface area contributed by atoms with E-state index in [9.17, 15) is 9.59 Å². The van der Waals surface area contributed by atoms with E-state index in [1.165, 1.54) is 16.2 Å². The lowest BCUT2D eigenvalue weighted by atomic mass is 9.94. The third-order valence-electron chi connectivity index (χ3n) is 5.21. The summed E-state index contributed by atoms with van der Waals surface area (Å²) in [7, 11) is 0. The number of thiazole rings is 1. The molecule has 3 aromatic rings. The molecular weight excluding hydrogens is 440 g/mol. The SMILES string of the molecule is CC(C)(C)OC(=O)N(Cc1ccccc1)c1nc(-c2ccco2)c(C(=O)C2CCOCC2)s1. The van der Waals surface area contributed by atoms with Crippen LogP contribution in [0.15, 0.2) is 53.1 Å². The molecule has 0 spiro atoms. The molecule has 3 heterocycles. The van der Waals surface area contributed by atoms with E-state index in [0.717, 1.165) is 5.56 Å². The van der Waals surface area contributed by atoms with Crippen molar-refractivity contribution < 1.29 is 23.5 Å². The number of rotatable bonds is 6. The first kappa shape index (κ1) is 23.2. The highest BCUT2D eigenvalue weighted by atomic mass is 32.1. The van der Waals surface area contributed by atoms with Crippen molar-refractivity contribution in [1.82, 2.24) is 4.98 Å². The van der Waals surface area contributed by atoms with Gasteiger partial charge in [0, 0.05) is 19.1 Å². The number of Topliss-reactive ketones (excluding diaryl/α,β-unsaturated/α-hetero) is 1. The molecule has 0 atom stereocenters. The molecule has 0 aliphatic carbocycles. The molecule has 8 heteroatoms. The molecular formula is C25H28N2O5S. The lowest BCUT2D eigenvalue weighted by molar-refractivity contribution is 0.0547. The zero-order chi connectivity index (χ0) is 23.4. The normalized spacial score (nSPS) is 14.8. The van der Waals surface area contributed by atoms with Gasteiger partial charge < -0.3 is 13.9 Å². The molecule has 4 rings (SSSR count). The second-order valence-corrected chi connectivity index (χ2v) is 9.93. The molecule has 1 fully saturated rings. The molecule has 174 valence electrons. The van der Waals surface area contributed by atoms with Gasteiger partial charge >= 0.3 is 6.09 Å². The van der Waals surface area contributed by atoms with Crippen LogP contribution in [-0.4, -0.2) is 35.7 Å². The number of ketones is 1. The van der Waals surface area contributed by atoms with E-state index >= 15 is 0 Å². The van der Waals surface area contributed by atoms with E-state index < -0.39 is 11.7 Å². The van der Waals surface area contributed by atoms with Crippen LogP contribution in [0, 0.1) is 5.92 Å². The number of aromatic nitrogens is 1. The molecule has 1 aromatic carbocycles. The molecule has 0 N–H and O–H groups in total. The molecule has 0 saturated carbocycles. The number of carbonyl (C=O) groups excluding carboxylic acids is 2. The number of furan rings is 1. The Morgan fingerprint density at radius 1 is 1.12 bits per heavy atom. The first-order chi connectivity index (χ1) is 15.8. The highest BCUT2D eigenvalue weighted by molar-refractivity contribution is 7.18. The fourth-order valence-corrected chi connectivity index (χ4v) is 4.69. The minimum atomic E-state index is -0.673. The van der Waals surface area contributed by atoms with Crippen LogP contribution in [0.1, 0.15) is 48.8 Å². The second kappa shape index (κ2) is 9.89. The molecule has 1 aliphatic heterocycles. The summed E-state index contributed by atoms with van der Waals surface area (Å²) in [6, 6.07) is 13.2. The van der Waals surface area contributed by atoms with Gasteiger partial charge in [0.2, 0.25) is 0 Å². The maximum Gasteiger partial charge on any atom is 0.416 e. The minimum Gasteiger partial charge on any atom is -0.463 e. The summed E-state index contributed by atoms with van der Waals surface area (Å²) < 4.78 is 16.7. The Labute approximate surface area is 197 Å². The maximum atomic E-state index is 13.4. The van der Waals surface area contributed by atoms with E-state index in [1.54, 1.807) is 18.4 Å². The van der Waals surface area contributed by atoms with Crippen molar-refractivity contribution in [2.45, 2.75) is 45.8 Å². The van der Waals surface area contributed by atoms with Crippen LogP contribution >= 0.6 is 11.3 Å². The topological polar surface area (TPSA) is 81.9 Å². The molecule has 33 heavy (non-hydrogen) atoms. The third kappa shape index (κ3) is 5.69. The number of benzene rings is 1. The summed E-state index contributed by atoms with van der Waals surface area (Å²) in [6.45, 7) is 6.86. The number of carbonyl (C=O) groups is 2. The fraction of sp³-hybridized carbons (Fsp3) is 0.400. The van der Waals surface area contributed by atoms with Crippen LogP contribution in [0.25, 0.3) is 11.5 Å². The number of nitrogens with zero attached hydrogens (tertiary/aromatic N) is 2. The van der Waals surface area contributed by atoms with Crippen molar-refractivity contribution in [2.24, 2.45) is 5.92 Å². The van der Waals surface area contributed by atoms with Crippen molar-refractivity contribution in [1.29, 1.82) is 0 Å². The Balaban J connectivity index is 1.74. The predicted molar refractivity (Wildman–Crippen MR) is 127 cm³/mol. The average molecular weight is 469 g/mol. The summed E-state index contributed by atoms with van der Waals surface area (Å²) >= 11 is 1.20. The van der Waals surface area contributed by atoms with Crippen LogP contribution in [0.3, 0.4) is 0 Å². The van der Waals surface area contributed by atoms with Crippen LogP contribution < -0.4 is 4.90 Å². The number of ether oxygens (including phenoxy) is 2.